The molecule has 0 aliphatic carbocycles. The van der Waals surface area contributed by atoms with Crippen LogP contribution in [0.25, 0.3) is 11.1 Å². The fraction of sp³-hybridized carbons (Fsp3) is 0.0909. The Labute approximate surface area is 86.9 Å². The number of carbonyl (C=O) groups is 1. The van der Waals surface area contributed by atoms with Crippen LogP contribution in [0, 0.1) is 0 Å². The maximum atomic E-state index is 11.5. The molecule has 0 atom stereocenters. The minimum absolute atomic E-state index is 0.341. The molecule has 0 radical (unpaired) electrons. The number of nitrogens with one attached hydrogen (secondary N) is 1. The monoisotopic (exact) mass is 202 g/mol. The molecule has 2 rings (SSSR count). The predicted molar refractivity (Wildman–Crippen MR) is 55.4 cm³/mol. The van der Waals surface area contributed by atoms with Crippen molar-refractivity contribution in [3.63, 3.8) is 0 Å². The summed E-state index contributed by atoms with van der Waals surface area (Å²) in [5, 5.41) is 6.56. The number of aromatic amines is 1. The number of aromatic nitrogens is 2. The van der Waals surface area contributed by atoms with Gasteiger partial charge in [0.2, 0.25) is 0 Å². The Kier molecular flexibility index (Phi) is 2.49. The molecule has 0 aliphatic rings. The summed E-state index contributed by atoms with van der Waals surface area (Å²) in [7, 11) is 1.37. The zero-order valence-corrected chi connectivity index (χ0v) is 8.23. The van der Waals surface area contributed by atoms with Gasteiger partial charge in [0.05, 0.1) is 18.9 Å². The van der Waals surface area contributed by atoms with E-state index in [-0.39, 0.29) is 5.97 Å². The topological polar surface area (TPSA) is 55.0 Å². The van der Waals surface area contributed by atoms with E-state index < -0.39 is 0 Å². The molecule has 0 aliphatic heterocycles. The first-order valence-electron chi connectivity index (χ1n) is 4.49. The van der Waals surface area contributed by atoms with Crippen molar-refractivity contribution in [1.29, 1.82) is 0 Å². The Bertz CT molecular complexity index is 463. The number of esters is 1. The van der Waals surface area contributed by atoms with Crippen LogP contribution >= 0.6 is 0 Å². The second-order valence-corrected chi connectivity index (χ2v) is 3.02. The average Bonchev–Trinajstić information content (AvgIpc) is 2.81. The van der Waals surface area contributed by atoms with Gasteiger partial charge in [-0.05, 0) is 11.6 Å². The molecule has 1 N–H and O–H groups in total. The van der Waals surface area contributed by atoms with Gasteiger partial charge in [0.25, 0.3) is 0 Å². The lowest BCUT2D eigenvalue weighted by Gasteiger charge is -2.04. The second-order valence-electron chi connectivity index (χ2n) is 3.02. The number of hydrogen-bond donors (Lipinski definition) is 1. The molecule has 15 heavy (non-hydrogen) atoms. The van der Waals surface area contributed by atoms with E-state index in [0.29, 0.717) is 5.56 Å². The third-order valence-corrected chi connectivity index (χ3v) is 2.14. The summed E-state index contributed by atoms with van der Waals surface area (Å²) in [6.45, 7) is 0. The minimum Gasteiger partial charge on any atom is -0.465 e. The largest absolute Gasteiger partial charge is 0.465 e. The van der Waals surface area contributed by atoms with Gasteiger partial charge in [0.1, 0.15) is 0 Å². The van der Waals surface area contributed by atoms with Crippen molar-refractivity contribution >= 4 is 5.97 Å². The Morgan fingerprint density at radius 3 is 2.87 bits per heavy atom. The summed E-state index contributed by atoms with van der Waals surface area (Å²) in [6.07, 6.45) is 3.41. The summed E-state index contributed by atoms with van der Waals surface area (Å²) in [5.41, 5.74) is 2.23. The van der Waals surface area contributed by atoms with Gasteiger partial charge in [0, 0.05) is 11.8 Å². The van der Waals surface area contributed by atoms with E-state index in [4.69, 9.17) is 4.74 Å². The Morgan fingerprint density at radius 2 is 2.20 bits per heavy atom. The van der Waals surface area contributed by atoms with Crippen LogP contribution in [-0.2, 0) is 4.74 Å². The number of methoxy groups -OCH3 is 1. The summed E-state index contributed by atoms with van der Waals surface area (Å²) < 4.78 is 4.71. The number of carbonyl (C=O) groups excluding carboxylic acids is 1. The van der Waals surface area contributed by atoms with Crippen molar-refractivity contribution in [3.8, 4) is 11.1 Å². The van der Waals surface area contributed by atoms with E-state index in [9.17, 15) is 4.79 Å². The van der Waals surface area contributed by atoms with E-state index in [0.717, 1.165) is 11.1 Å². The van der Waals surface area contributed by atoms with Crippen molar-refractivity contribution in [2.24, 2.45) is 0 Å². The number of rotatable bonds is 2. The number of hydrogen-bond acceptors (Lipinski definition) is 3. The molecule has 0 fully saturated rings. The first-order chi connectivity index (χ1) is 7.33. The molecule has 76 valence electrons. The zero-order chi connectivity index (χ0) is 10.7. The SMILES string of the molecule is COC(=O)c1ccccc1-c1cn[nH]c1. The fourth-order valence-corrected chi connectivity index (χ4v) is 1.42. The van der Waals surface area contributed by atoms with Crippen LogP contribution in [0.3, 0.4) is 0 Å². The van der Waals surface area contributed by atoms with Crippen molar-refractivity contribution in [3.05, 3.63) is 42.2 Å². The highest BCUT2D eigenvalue weighted by Crippen LogP contribution is 2.22. The van der Waals surface area contributed by atoms with Crippen LogP contribution in [0.4, 0.5) is 0 Å². The lowest BCUT2D eigenvalue weighted by Crippen LogP contribution is -2.02. The van der Waals surface area contributed by atoms with Gasteiger partial charge in [-0.15, -0.1) is 0 Å². The molecule has 2 aromatic rings. The molecule has 0 amide bonds. The quantitative estimate of drug-likeness (QED) is 0.756. The van der Waals surface area contributed by atoms with Crippen LogP contribution in [0.1, 0.15) is 10.4 Å². The van der Waals surface area contributed by atoms with Crippen LogP contribution in [0.2, 0.25) is 0 Å². The van der Waals surface area contributed by atoms with Crippen molar-refractivity contribution in [2.75, 3.05) is 7.11 Å². The number of nitrogens with zero attached hydrogens (tertiary/aromatic N) is 1. The second kappa shape index (κ2) is 3.96. The van der Waals surface area contributed by atoms with E-state index in [1.54, 1.807) is 24.5 Å². The highest BCUT2D eigenvalue weighted by molar-refractivity contribution is 5.97. The molecule has 1 heterocycles. The Balaban J connectivity index is 2.52. The molecule has 4 heteroatoms. The summed E-state index contributed by atoms with van der Waals surface area (Å²) >= 11 is 0. The van der Waals surface area contributed by atoms with Gasteiger partial charge in [-0.2, -0.15) is 5.10 Å². The van der Waals surface area contributed by atoms with Crippen LogP contribution in [-0.4, -0.2) is 23.3 Å². The van der Waals surface area contributed by atoms with Crippen molar-refractivity contribution in [2.45, 2.75) is 0 Å². The molecule has 0 spiro atoms. The van der Waals surface area contributed by atoms with Gasteiger partial charge in [0.15, 0.2) is 0 Å². The number of ether oxygens (including phenoxy) is 1. The normalized spacial score (nSPS) is 9.93. The molecule has 1 aromatic heterocycles. The average molecular weight is 202 g/mol. The predicted octanol–water partition coefficient (Wildman–Crippen LogP) is 1.86. The lowest BCUT2D eigenvalue weighted by atomic mass is 10.0. The summed E-state index contributed by atoms with van der Waals surface area (Å²) in [6, 6.07) is 7.26. The van der Waals surface area contributed by atoms with Gasteiger partial charge in [-0.1, -0.05) is 18.2 Å². The van der Waals surface area contributed by atoms with E-state index in [2.05, 4.69) is 10.2 Å². The molecule has 0 bridgehead atoms. The molecule has 4 nitrogen and oxygen atoms in total. The zero-order valence-electron chi connectivity index (χ0n) is 8.23. The van der Waals surface area contributed by atoms with Gasteiger partial charge in [-0.25, -0.2) is 4.79 Å². The maximum Gasteiger partial charge on any atom is 0.338 e. The van der Waals surface area contributed by atoms with Crippen molar-refractivity contribution in [1.82, 2.24) is 10.2 Å². The first-order valence-corrected chi connectivity index (χ1v) is 4.49. The van der Waals surface area contributed by atoms with Gasteiger partial charge in [-0.3, -0.25) is 5.10 Å². The smallest absolute Gasteiger partial charge is 0.338 e. The fourth-order valence-electron chi connectivity index (χ4n) is 1.42. The van der Waals surface area contributed by atoms with Crippen LogP contribution in [0.5, 0.6) is 0 Å². The standard InChI is InChI=1S/C11H10N2O2/c1-15-11(14)10-5-3-2-4-9(10)8-6-12-13-7-8/h2-7H,1H3,(H,12,13). The van der Waals surface area contributed by atoms with E-state index >= 15 is 0 Å². The summed E-state index contributed by atoms with van der Waals surface area (Å²) in [4.78, 5) is 11.5. The number of benzene rings is 1. The number of H-pyrrole nitrogens is 1. The van der Waals surface area contributed by atoms with Gasteiger partial charge < -0.3 is 4.74 Å². The molecule has 0 saturated heterocycles. The molecular weight excluding hydrogens is 192 g/mol. The van der Waals surface area contributed by atoms with Crippen molar-refractivity contribution < 1.29 is 9.53 Å². The first kappa shape index (κ1) is 9.45. The van der Waals surface area contributed by atoms with Crippen LogP contribution in [0.15, 0.2) is 36.7 Å². The Hall–Kier alpha value is -2.10. The molecule has 0 saturated carbocycles. The lowest BCUT2D eigenvalue weighted by molar-refractivity contribution is 0.0601. The highest BCUT2D eigenvalue weighted by atomic mass is 16.5. The van der Waals surface area contributed by atoms with Crippen LogP contribution < -0.4 is 0 Å². The Morgan fingerprint density at radius 1 is 1.40 bits per heavy atom. The summed E-state index contributed by atoms with van der Waals surface area (Å²) in [5.74, 6) is -0.341. The third-order valence-electron chi connectivity index (χ3n) is 2.14. The molecule has 1 aromatic carbocycles. The highest BCUT2D eigenvalue weighted by Gasteiger charge is 2.12. The van der Waals surface area contributed by atoms with E-state index in [1.165, 1.54) is 7.11 Å². The maximum absolute atomic E-state index is 11.5. The van der Waals surface area contributed by atoms with E-state index in [1.807, 2.05) is 12.1 Å². The van der Waals surface area contributed by atoms with Gasteiger partial charge >= 0.3 is 5.97 Å². The molecule has 0 unspecified atom stereocenters. The minimum atomic E-state index is -0.341. The molecular formula is C11H10N2O2. The third kappa shape index (κ3) is 1.74.